The average Bonchev–Trinajstić information content (AvgIpc) is 3.16. The van der Waals surface area contributed by atoms with E-state index in [2.05, 4.69) is 269 Å². The SMILES string of the molecule is Cc1cccc(-c2ccc3c(c2)c2ccccc2n3-c2c(-c3ccccc3-n3c4ccccc4c4ccccc43)cc(-c3nc(-c4ccccc4)nc(-c4ccccc4)n3)cc2-c2ccccc2-n2c3ccccc3c3ccccc32)c1. The van der Waals surface area contributed by atoms with Crippen LogP contribution >= 0.6 is 0 Å². The largest absolute Gasteiger partial charge is 0.309 e. The summed E-state index contributed by atoms with van der Waals surface area (Å²) in [7, 11) is 0. The number of benzene rings is 12. The van der Waals surface area contributed by atoms with E-state index in [4.69, 9.17) is 15.0 Å². The second-order valence-electron chi connectivity index (χ2n) is 21.2. The monoisotopic (exact) mass is 1050 g/mol. The molecule has 0 amide bonds. The van der Waals surface area contributed by atoms with E-state index < -0.39 is 0 Å². The van der Waals surface area contributed by atoms with Crippen molar-refractivity contribution >= 4 is 65.4 Å². The lowest BCUT2D eigenvalue weighted by Crippen LogP contribution is -2.07. The Hall–Kier alpha value is -11.0. The molecule has 0 aliphatic heterocycles. The molecule has 4 aromatic heterocycles. The van der Waals surface area contributed by atoms with Crippen LogP contribution in [-0.4, -0.2) is 28.7 Å². The van der Waals surface area contributed by atoms with Gasteiger partial charge in [0.2, 0.25) is 0 Å². The molecule has 0 unspecified atom stereocenters. The normalized spacial score (nSPS) is 11.7. The first-order valence-electron chi connectivity index (χ1n) is 27.9. The van der Waals surface area contributed by atoms with Crippen molar-refractivity contribution in [2.75, 3.05) is 0 Å². The Bertz CT molecular complexity index is 4840. The van der Waals surface area contributed by atoms with Gasteiger partial charge in [0.15, 0.2) is 17.5 Å². The molecular formula is C76H50N6. The summed E-state index contributed by atoms with van der Waals surface area (Å²) in [6.45, 7) is 2.16. The molecule has 0 saturated heterocycles. The van der Waals surface area contributed by atoms with E-state index in [-0.39, 0.29) is 0 Å². The minimum absolute atomic E-state index is 0.565. The first-order chi connectivity index (χ1) is 40.6. The molecule has 4 heterocycles. The van der Waals surface area contributed by atoms with Crippen molar-refractivity contribution in [3.63, 3.8) is 0 Å². The van der Waals surface area contributed by atoms with Crippen LogP contribution in [0.2, 0.25) is 0 Å². The van der Waals surface area contributed by atoms with Gasteiger partial charge >= 0.3 is 0 Å². The molecule has 0 radical (unpaired) electrons. The lowest BCUT2D eigenvalue weighted by Gasteiger charge is -2.24. The summed E-state index contributed by atoms with van der Waals surface area (Å²) in [5, 5.41) is 7.11. The van der Waals surface area contributed by atoms with E-state index in [1.165, 1.54) is 43.6 Å². The number of fused-ring (bicyclic) bond motifs is 9. The molecule has 384 valence electrons. The molecule has 0 saturated carbocycles. The Kier molecular flexibility index (Phi) is 11.0. The van der Waals surface area contributed by atoms with Gasteiger partial charge in [0.1, 0.15) is 0 Å². The summed E-state index contributed by atoms with van der Waals surface area (Å²) in [5.74, 6) is 1.76. The first-order valence-corrected chi connectivity index (χ1v) is 27.9. The number of nitrogens with zero attached hydrogens (tertiary/aromatic N) is 6. The van der Waals surface area contributed by atoms with Crippen molar-refractivity contribution in [1.29, 1.82) is 0 Å². The highest BCUT2D eigenvalue weighted by Crippen LogP contribution is 2.48. The van der Waals surface area contributed by atoms with Gasteiger partial charge in [-0.15, -0.1) is 0 Å². The van der Waals surface area contributed by atoms with E-state index >= 15 is 0 Å². The number of aryl methyl sites for hydroxylation is 1. The average molecular weight is 1050 g/mol. The molecule has 0 aliphatic rings. The lowest BCUT2D eigenvalue weighted by molar-refractivity contribution is 1.07. The molecule has 12 aromatic carbocycles. The highest BCUT2D eigenvalue weighted by Gasteiger charge is 2.28. The zero-order valence-electron chi connectivity index (χ0n) is 44.8. The third kappa shape index (κ3) is 7.61. The number of aromatic nitrogens is 6. The van der Waals surface area contributed by atoms with Crippen molar-refractivity contribution in [3.8, 4) is 84.6 Å². The van der Waals surface area contributed by atoms with Crippen LogP contribution in [0.1, 0.15) is 5.56 Å². The molecule has 0 atom stereocenters. The third-order valence-electron chi connectivity index (χ3n) is 16.3. The molecule has 16 aromatic rings. The molecule has 6 nitrogen and oxygen atoms in total. The Morgan fingerprint density at radius 2 is 0.585 bits per heavy atom. The summed E-state index contributed by atoms with van der Waals surface area (Å²) in [6.07, 6.45) is 0. The number of para-hydroxylation sites is 7. The molecule has 0 N–H and O–H groups in total. The smallest absolute Gasteiger partial charge is 0.164 e. The van der Waals surface area contributed by atoms with Crippen molar-refractivity contribution in [1.82, 2.24) is 28.7 Å². The van der Waals surface area contributed by atoms with E-state index in [9.17, 15) is 0 Å². The molecule has 6 heteroatoms. The van der Waals surface area contributed by atoms with Gasteiger partial charge in [0, 0.05) is 71.3 Å². The quantitative estimate of drug-likeness (QED) is 0.145. The lowest BCUT2D eigenvalue weighted by atomic mass is 9.90. The predicted octanol–water partition coefficient (Wildman–Crippen LogP) is 19.5. The Morgan fingerprint density at radius 3 is 1.05 bits per heavy atom. The van der Waals surface area contributed by atoms with E-state index in [1.807, 2.05) is 36.4 Å². The Balaban J connectivity index is 1.09. The summed E-state index contributed by atoms with van der Waals surface area (Å²) in [6, 6.07) is 103. The maximum Gasteiger partial charge on any atom is 0.164 e. The molecule has 82 heavy (non-hydrogen) atoms. The maximum atomic E-state index is 5.47. The molecule has 0 aliphatic carbocycles. The Morgan fingerprint density at radius 1 is 0.232 bits per heavy atom. The minimum Gasteiger partial charge on any atom is -0.309 e. The summed E-state index contributed by atoms with van der Waals surface area (Å²) >= 11 is 0. The number of rotatable bonds is 9. The summed E-state index contributed by atoms with van der Waals surface area (Å²) in [5.41, 5.74) is 20.2. The second kappa shape index (κ2) is 19.2. The second-order valence-corrected chi connectivity index (χ2v) is 21.2. The van der Waals surface area contributed by atoms with Gasteiger partial charge in [0.25, 0.3) is 0 Å². The molecule has 16 rings (SSSR count). The highest BCUT2D eigenvalue weighted by molar-refractivity contribution is 6.14. The van der Waals surface area contributed by atoms with E-state index in [0.29, 0.717) is 17.5 Å². The molecule has 0 spiro atoms. The molecular weight excluding hydrogens is 997 g/mol. The fraction of sp³-hybridized carbons (Fsp3) is 0.0132. The van der Waals surface area contributed by atoms with Crippen LogP contribution in [-0.2, 0) is 0 Å². The van der Waals surface area contributed by atoms with Crippen LogP contribution in [0.3, 0.4) is 0 Å². The van der Waals surface area contributed by atoms with Crippen molar-refractivity contribution < 1.29 is 0 Å². The maximum absolute atomic E-state index is 5.47. The summed E-state index contributed by atoms with van der Waals surface area (Å²) < 4.78 is 7.43. The van der Waals surface area contributed by atoms with Gasteiger partial charge in [-0.3, -0.25) is 0 Å². The highest BCUT2D eigenvalue weighted by atomic mass is 15.0. The molecule has 0 fully saturated rings. The van der Waals surface area contributed by atoms with Gasteiger partial charge in [-0.05, 0) is 84.8 Å². The van der Waals surface area contributed by atoms with Crippen LogP contribution in [0.15, 0.2) is 285 Å². The van der Waals surface area contributed by atoms with Crippen LogP contribution < -0.4 is 0 Å². The van der Waals surface area contributed by atoms with Gasteiger partial charge < -0.3 is 13.7 Å². The third-order valence-corrected chi connectivity index (χ3v) is 16.3. The van der Waals surface area contributed by atoms with Gasteiger partial charge in [-0.25, -0.2) is 15.0 Å². The van der Waals surface area contributed by atoms with E-state index in [0.717, 1.165) is 94.5 Å². The first kappa shape index (κ1) is 47.1. The van der Waals surface area contributed by atoms with Crippen LogP contribution in [0.5, 0.6) is 0 Å². The topological polar surface area (TPSA) is 53.5 Å². The zero-order chi connectivity index (χ0) is 54.3. The van der Waals surface area contributed by atoms with Gasteiger partial charge in [-0.1, -0.05) is 224 Å². The summed E-state index contributed by atoms with van der Waals surface area (Å²) in [4.78, 5) is 16.1. The van der Waals surface area contributed by atoms with Crippen LogP contribution in [0.25, 0.3) is 150 Å². The zero-order valence-corrected chi connectivity index (χ0v) is 44.8. The molecule has 0 bridgehead atoms. The van der Waals surface area contributed by atoms with Crippen molar-refractivity contribution in [3.05, 3.63) is 291 Å². The standard InChI is InChI=1S/C76H50N6/c1-49-23-22-28-52(45-49)53-43-44-72-62(46-53)59-33-12-21-42-71(59)82(72)73-63(60-34-13-19-40-69(60)80-65-36-15-8-29-55(65)56-30-9-16-37-66(56)80)47-54(76-78-74(50-24-4-2-5-25-50)77-75(79-76)51-26-6-3-7-27-51)48-64(73)61-35-14-20-41-70(61)81-67-38-17-10-31-57(67)58-32-11-18-39-68(58)81/h2-48H,1H3. The fourth-order valence-corrected chi connectivity index (χ4v) is 12.7. The van der Waals surface area contributed by atoms with Gasteiger partial charge in [-0.2, -0.15) is 0 Å². The van der Waals surface area contributed by atoms with Crippen LogP contribution in [0, 0.1) is 6.92 Å². The van der Waals surface area contributed by atoms with Crippen molar-refractivity contribution in [2.45, 2.75) is 6.92 Å². The number of hydrogen-bond donors (Lipinski definition) is 0. The Labute approximate surface area is 473 Å². The fourth-order valence-electron chi connectivity index (χ4n) is 12.7. The minimum atomic E-state index is 0.565. The van der Waals surface area contributed by atoms with Crippen LogP contribution in [0.4, 0.5) is 0 Å². The number of hydrogen-bond acceptors (Lipinski definition) is 3. The van der Waals surface area contributed by atoms with Gasteiger partial charge in [0.05, 0.1) is 50.2 Å². The van der Waals surface area contributed by atoms with E-state index in [1.54, 1.807) is 0 Å². The predicted molar refractivity (Wildman–Crippen MR) is 340 cm³/mol. The van der Waals surface area contributed by atoms with Crippen molar-refractivity contribution in [2.24, 2.45) is 0 Å².